The quantitative estimate of drug-likeness (QED) is 0.522. The van der Waals surface area contributed by atoms with Crippen LogP contribution in [0.2, 0.25) is 0 Å². The number of methoxy groups -OCH3 is 1. The molecular formula is C19H19N3O5. The summed E-state index contributed by atoms with van der Waals surface area (Å²) in [6, 6.07) is 13.4. The molecule has 27 heavy (non-hydrogen) atoms. The van der Waals surface area contributed by atoms with Crippen LogP contribution in [0.15, 0.2) is 42.5 Å². The van der Waals surface area contributed by atoms with E-state index in [0.29, 0.717) is 17.0 Å². The van der Waals surface area contributed by atoms with E-state index in [0.717, 1.165) is 0 Å². The van der Waals surface area contributed by atoms with Crippen LogP contribution in [0.3, 0.4) is 0 Å². The van der Waals surface area contributed by atoms with Crippen molar-refractivity contribution in [2.45, 2.75) is 13.3 Å². The zero-order chi connectivity index (χ0) is 19.8. The average molecular weight is 369 g/mol. The third-order valence-corrected chi connectivity index (χ3v) is 3.79. The number of carbonyl (C=O) groups is 1. The molecule has 0 N–H and O–H groups in total. The SMILES string of the molecule is COc1ccccc1N(CCC#N)C(=O)COc1ccc(C)cc1[N+](=O)[O-]. The van der Waals surface area contributed by atoms with Crippen molar-refractivity contribution in [3.05, 3.63) is 58.1 Å². The maximum absolute atomic E-state index is 12.7. The maximum Gasteiger partial charge on any atom is 0.311 e. The summed E-state index contributed by atoms with van der Waals surface area (Å²) in [7, 11) is 1.48. The third-order valence-electron chi connectivity index (χ3n) is 3.79. The smallest absolute Gasteiger partial charge is 0.311 e. The monoisotopic (exact) mass is 369 g/mol. The highest BCUT2D eigenvalue weighted by Gasteiger charge is 2.22. The second kappa shape index (κ2) is 9.20. The molecule has 0 heterocycles. The Kier molecular flexibility index (Phi) is 6.72. The van der Waals surface area contributed by atoms with E-state index in [1.165, 1.54) is 24.1 Å². The second-order valence-corrected chi connectivity index (χ2v) is 5.64. The number of amides is 1. The number of rotatable bonds is 8. The zero-order valence-corrected chi connectivity index (χ0v) is 15.0. The first-order valence-electron chi connectivity index (χ1n) is 8.16. The Labute approximate surface area is 156 Å². The van der Waals surface area contributed by atoms with E-state index in [1.54, 1.807) is 37.3 Å². The lowest BCUT2D eigenvalue weighted by Crippen LogP contribution is -2.36. The fourth-order valence-corrected chi connectivity index (χ4v) is 2.50. The number of carbonyl (C=O) groups excluding carboxylic acids is 1. The van der Waals surface area contributed by atoms with Crippen LogP contribution >= 0.6 is 0 Å². The molecule has 0 saturated heterocycles. The van der Waals surface area contributed by atoms with Crippen molar-refractivity contribution >= 4 is 17.3 Å². The van der Waals surface area contributed by atoms with Gasteiger partial charge in [0.25, 0.3) is 5.91 Å². The van der Waals surface area contributed by atoms with Gasteiger partial charge in [-0.3, -0.25) is 14.9 Å². The molecule has 0 bridgehead atoms. The van der Waals surface area contributed by atoms with Gasteiger partial charge in [-0.15, -0.1) is 0 Å². The summed E-state index contributed by atoms with van der Waals surface area (Å²) < 4.78 is 10.7. The molecule has 0 aliphatic rings. The van der Waals surface area contributed by atoms with Crippen LogP contribution in [0.5, 0.6) is 11.5 Å². The molecule has 0 saturated carbocycles. The van der Waals surface area contributed by atoms with Gasteiger partial charge in [-0.05, 0) is 30.7 Å². The van der Waals surface area contributed by atoms with Gasteiger partial charge in [-0.2, -0.15) is 5.26 Å². The lowest BCUT2D eigenvalue weighted by Gasteiger charge is -2.23. The number of nitriles is 1. The molecule has 0 spiro atoms. The van der Waals surface area contributed by atoms with Gasteiger partial charge in [0.05, 0.1) is 30.2 Å². The summed E-state index contributed by atoms with van der Waals surface area (Å²) >= 11 is 0. The third kappa shape index (κ3) is 4.95. The van der Waals surface area contributed by atoms with Crippen LogP contribution < -0.4 is 14.4 Å². The van der Waals surface area contributed by atoms with Crippen molar-refractivity contribution in [2.75, 3.05) is 25.2 Å². The van der Waals surface area contributed by atoms with Crippen molar-refractivity contribution < 1.29 is 19.2 Å². The number of nitro benzene ring substituents is 1. The van der Waals surface area contributed by atoms with Crippen LogP contribution in [0.25, 0.3) is 0 Å². The second-order valence-electron chi connectivity index (χ2n) is 5.64. The highest BCUT2D eigenvalue weighted by Crippen LogP contribution is 2.30. The first-order valence-corrected chi connectivity index (χ1v) is 8.16. The van der Waals surface area contributed by atoms with Crippen molar-refractivity contribution in [2.24, 2.45) is 0 Å². The molecule has 2 rings (SSSR count). The number of nitrogens with zero attached hydrogens (tertiary/aromatic N) is 3. The van der Waals surface area contributed by atoms with Crippen molar-refractivity contribution in [1.29, 1.82) is 5.26 Å². The summed E-state index contributed by atoms with van der Waals surface area (Å²) in [5.74, 6) is 0.0499. The lowest BCUT2D eigenvalue weighted by molar-refractivity contribution is -0.385. The number of hydrogen-bond donors (Lipinski definition) is 0. The van der Waals surface area contributed by atoms with E-state index < -0.39 is 17.4 Å². The highest BCUT2D eigenvalue weighted by atomic mass is 16.6. The Morgan fingerprint density at radius 2 is 2.00 bits per heavy atom. The van der Waals surface area contributed by atoms with E-state index in [9.17, 15) is 14.9 Å². The van der Waals surface area contributed by atoms with E-state index in [1.807, 2.05) is 6.07 Å². The van der Waals surface area contributed by atoms with Crippen molar-refractivity contribution in [3.8, 4) is 17.6 Å². The maximum atomic E-state index is 12.7. The molecule has 2 aromatic carbocycles. The lowest BCUT2D eigenvalue weighted by atomic mass is 10.2. The number of ether oxygens (including phenoxy) is 2. The molecule has 8 heteroatoms. The fourth-order valence-electron chi connectivity index (χ4n) is 2.50. The predicted molar refractivity (Wildman–Crippen MR) is 98.9 cm³/mol. The number of para-hydroxylation sites is 2. The van der Waals surface area contributed by atoms with Crippen molar-refractivity contribution in [3.63, 3.8) is 0 Å². The molecule has 0 radical (unpaired) electrons. The summed E-state index contributed by atoms with van der Waals surface area (Å²) in [4.78, 5) is 24.7. The highest BCUT2D eigenvalue weighted by molar-refractivity contribution is 5.96. The Morgan fingerprint density at radius 3 is 2.67 bits per heavy atom. The summed E-state index contributed by atoms with van der Waals surface area (Å²) in [5, 5.41) is 20.1. The first-order chi connectivity index (χ1) is 13.0. The van der Waals surface area contributed by atoms with Gasteiger partial charge < -0.3 is 14.4 Å². The first kappa shape index (κ1) is 19.7. The van der Waals surface area contributed by atoms with Gasteiger partial charge in [0.1, 0.15) is 5.75 Å². The van der Waals surface area contributed by atoms with E-state index in [-0.39, 0.29) is 24.4 Å². The van der Waals surface area contributed by atoms with Gasteiger partial charge in [0, 0.05) is 12.6 Å². The van der Waals surface area contributed by atoms with E-state index >= 15 is 0 Å². The Hall–Kier alpha value is -3.60. The molecular weight excluding hydrogens is 350 g/mol. The minimum absolute atomic E-state index is 0.0132. The Bertz CT molecular complexity index is 876. The molecule has 0 aromatic heterocycles. The summed E-state index contributed by atoms with van der Waals surface area (Å²) in [6.07, 6.45) is 0.120. The molecule has 0 unspecified atom stereocenters. The number of anilines is 1. The Morgan fingerprint density at radius 1 is 1.26 bits per heavy atom. The van der Waals surface area contributed by atoms with Crippen LogP contribution in [-0.4, -0.2) is 31.1 Å². The average Bonchev–Trinajstić information content (AvgIpc) is 2.67. The molecule has 0 aliphatic carbocycles. The van der Waals surface area contributed by atoms with E-state index in [4.69, 9.17) is 14.7 Å². The van der Waals surface area contributed by atoms with Gasteiger partial charge >= 0.3 is 5.69 Å². The van der Waals surface area contributed by atoms with Gasteiger partial charge in [-0.1, -0.05) is 18.2 Å². The molecule has 0 atom stereocenters. The topological polar surface area (TPSA) is 106 Å². The van der Waals surface area contributed by atoms with Gasteiger partial charge in [-0.25, -0.2) is 0 Å². The molecule has 140 valence electrons. The number of benzene rings is 2. The molecule has 0 aliphatic heterocycles. The fraction of sp³-hybridized carbons (Fsp3) is 0.263. The largest absolute Gasteiger partial charge is 0.495 e. The molecule has 8 nitrogen and oxygen atoms in total. The normalized spacial score (nSPS) is 9.96. The summed E-state index contributed by atoms with van der Waals surface area (Å²) in [6.45, 7) is 1.47. The Balaban J connectivity index is 2.22. The number of aryl methyl sites for hydroxylation is 1. The molecule has 0 fully saturated rings. The standard InChI is InChI=1S/C19H19N3O5/c1-14-8-9-18(16(12-14)22(24)25)27-13-19(23)21(11-5-10-20)15-6-3-4-7-17(15)26-2/h3-4,6-9,12H,5,11,13H2,1-2H3. The minimum Gasteiger partial charge on any atom is -0.495 e. The van der Waals surface area contributed by atoms with Gasteiger partial charge in [0.2, 0.25) is 0 Å². The van der Waals surface area contributed by atoms with Crippen LogP contribution in [0.4, 0.5) is 11.4 Å². The molecule has 2 aromatic rings. The van der Waals surface area contributed by atoms with Gasteiger partial charge in [0.15, 0.2) is 12.4 Å². The zero-order valence-electron chi connectivity index (χ0n) is 15.0. The van der Waals surface area contributed by atoms with Crippen LogP contribution in [-0.2, 0) is 4.79 Å². The summed E-state index contributed by atoms with van der Waals surface area (Å²) in [5.41, 5.74) is 1.01. The number of nitro groups is 1. The molecule has 1 amide bonds. The number of hydrogen-bond acceptors (Lipinski definition) is 6. The van der Waals surface area contributed by atoms with E-state index in [2.05, 4.69) is 0 Å². The predicted octanol–water partition coefficient (Wildman–Crippen LogP) is 3.24. The van der Waals surface area contributed by atoms with Crippen LogP contribution in [0.1, 0.15) is 12.0 Å². The van der Waals surface area contributed by atoms with Crippen molar-refractivity contribution in [1.82, 2.24) is 0 Å². The van der Waals surface area contributed by atoms with Crippen LogP contribution in [0, 0.1) is 28.4 Å². The minimum atomic E-state index is -0.555.